The first-order valence-corrected chi connectivity index (χ1v) is 10.9. The highest BCUT2D eigenvalue weighted by Crippen LogP contribution is 2.39. The van der Waals surface area contributed by atoms with Crippen molar-refractivity contribution in [3.8, 4) is 0 Å². The summed E-state index contributed by atoms with van der Waals surface area (Å²) >= 11 is 0. The normalized spacial score (nSPS) is 29.7. The van der Waals surface area contributed by atoms with Crippen LogP contribution in [-0.2, 0) is 5.60 Å². The number of nitrogens with zero attached hydrogens (tertiary/aromatic N) is 5. The maximum atomic E-state index is 11.9. The minimum atomic E-state index is -0.867. The third-order valence-corrected chi connectivity index (χ3v) is 7.13. The van der Waals surface area contributed by atoms with Crippen LogP contribution < -0.4 is 4.90 Å². The number of aromatic nitrogens is 2. The number of rotatable bonds is 4. The van der Waals surface area contributed by atoms with E-state index in [9.17, 15) is 5.11 Å². The molecule has 2 atom stereocenters. The van der Waals surface area contributed by atoms with Crippen molar-refractivity contribution in [3.05, 3.63) is 41.8 Å². The minimum Gasteiger partial charge on any atom is -0.383 e. The van der Waals surface area contributed by atoms with Gasteiger partial charge in [-0.1, -0.05) is 36.8 Å². The second kappa shape index (κ2) is 7.70. The van der Waals surface area contributed by atoms with Crippen LogP contribution in [0, 0.1) is 0 Å². The first-order chi connectivity index (χ1) is 14.1. The summed E-state index contributed by atoms with van der Waals surface area (Å²) in [6, 6.07) is 10.2. The van der Waals surface area contributed by atoms with Crippen molar-refractivity contribution in [2.45, 2.75) is 43.2 Å². The summed E-state index contributed by atoms with van der Waals surface area (Å²) in [5, 5.41) is 16.2. The molecule has 0 amide bonds. The Kier molecular flexibility index (Phi) is 5.05. The highest BCUT2D eigenvalue weighted by atomic mass is 16.5. The molecule has 3 heterocycles. The molecule has 1 aromatic carbocycles. The highest BCUT2D eigenvalue weighted by molar-refractivity contribution is 5.35. The maximum absolute atomic E-state index is 11.9. The molecule has 1 N–H and O–H groups in total. The van der Waals surface area contributed by atoms with Crippen LogP contribution in [0.3, 0.4) is 0 Å². The van der Waals surface area contributed by atoms with E-state index in [4.69, 9.17) is 9.51 Å². The van der Waals surface area contributed by atoms with Gasteiger partial charge in [0.1, 0.15) is 5.60 Å². The zero-order valence-corrected chi connectivity index (χ0v) is 17.2. The zero-order chi connectivity index (χ0) is 19.8. The van der Waals surface area contributed by atoms with Gasteiger partial charge in [-0.15, -0.1) is 0 Å². The quantitative estimate of drug-likeness (QED) is 0.847. The van der Waals surface area contributed by atoms with Crippen LogP contribution in [0.1, 0.15) is 43.1 Å². The first-order valence-electron chi connectivity index (χ1n) is 10.9. The van der Waals surface area contributed by atoms with Gasteiger partial charge in [0.15, 0.2) is 0 Å². The summed E-state index contributed by atoms with van der Waals surface area (Å²) in [6.45, 7) is 5.40. The van der Waals surface area contributed by atoms with Crippen LogP contribution >= 0.6 is 0 Å². The van der Waals surface area contributed by atoms with Crippen molar-refractivity contribution < 1.29 is 9.63 Å². The fraction of sp³-hybridized carbons (Fsp3) is 0.636. The van der Waals surface area contributed by atoms with Crippen LogP contribution in [0.25, 0.3) is 0 Å². The van der Waals surface area contributed by atoms with Crippen LogP contribution in [0.4, 0.5) is 5.95 Å². The zero-order valence-electron chi connectivity index (χ0n) is 17.2. The fourth-order valence-electron chi connectivity index (χ4n) is 4.90. The Hall–Kier alpha value is -1.96. The molecule has 3 fully saturated rings. The Morgan fingerprint density at radius 1 is 1.07 bits per heavy atom. The predicted molar refractivity (Wildman–Crippen MR) is 111 cm³/mol. The van der Waals surface area contributed by atoms with E-state index in [-0.39, 0.29) is 6.04 Å². The largest absolute Gasteiger partial charge is 0.383 e. The molecule has 7 nitrogen and oxygen atoms in total. The minimum absolute atomic E-state index is 0.00185. The van der Waals surface area contributed by atoms with Gasteiger partial charge >= 0.3 is 0 Å². The molecule has 0 unspecified atom stereocenters. The lowest BCUT2D eigenvalue weighted by atomic mass is 9.79. The molecule has 2 aliphatic heterocycles. The average Bonchev–Trinajstić information content (AvgIpc) is 3.18. The molecule has 1 aliphatic carbocycles. The van der Waals surface area contributed by atoms with Crippen molar-refractivity contribution in [2.24, 2.45) is 0 Å². The van der Waals surface area contributed by atoms with Gasteiger partial charge in [-0.2, -0.15) is 4.98 Å². The smallest absolute Gasteiger partial charge is 0.266 e. The summed E-state index contributed by atoms with van der Waals surface area (Å²) in [6.07, 6.45) is 4.21. The van der Waals surface area contributed by atoms with Gasteiger partial charge in [0, 0.05) is 45.2 Å². The monoisotopic (exact) mass is 397 g/mol. The Morgan fingerprint density at radius 2 is 1.83 bits per heavy atom. The summed E-state index contributed by atoms with van der Waals surface area (Å²) in [5.41, 5.74) is 0.139. The van der Waals surface area contributed by atoms with E-state index < -0.39 is 5.60 Å². The summed E-state index contributed by atoms with van der Waals surface area (Å²) in [5.74, 6) is 1.91. The summed E-state index contributed by atoms with van der Waals surface area (Å²) < 4.78 is 5.57. The van der Waals surface area contributed by atoms with E-state index in [1.165, 1.54) is 6.42 Å². The van der Waals surface area contributed by atoms with Crippen molar-refractivity contribution >= 4 is 5.95 Å². The lowest BCUT2D eigenvalue weighted by molar-refractivity contribution is -0.0758. The lowest BCUT2D eigenvalue weighted by Crippen LogP contribution is -2.64. The molecule has 5 rings (SSSR count). The molecule has 1 aromatic heterocycles. The standard InChI is InChI=1S/C22H31N5O2/c1-25-12-14-26(15-13-25)19-16-27(21-23-20(29-24-21)17-6-5-7-17)11-10-22(19,28)18-8-3-2-4-9-18/h2-4,8-9,17,19,28H,5-7,10-16H2,1H3/t19-,22+/m1/s1. The average molecular weight is 398 g/mol. The molecule has 2 saturated heterocycles. The number of hydrogen-bond acceptors (Lipinski definition) is 7. The predicted octanol–water partition coefficient (Wildman–Crippen LogP) is 2.05. The van der Waals surface area contributed by atoms with E-state index in [0.717, 1.165) is 57.0 Å². The molecule has 2 aromatic rings. The van der Waals surface area contributed by atoms with Gasteiger partial charge < -0.3 is 19.4 Å². The molecular formula is C22H31N5O2. The number of likely N-dealkylation sites (N-methyl/N-ethyl adjacent to an activating group) is 1. The molecule has 0 spiro atoms. The lowest BCUT2D eigenvalue weighted by Gasteiger charge is -2.50. The second-order valence-corrected chi connectivity index (χ2v) is 8.90. The maximum Gasteiger partial charge on any atom is 0.266 e. The van der Waals surface area contributed by atoms with Crippen LogP contribution in [0.5, 0.6) is 0 Å². The van der Waals surface area contributed by atoms with E-state index in [2.05, 4.69) is 39.0 Å². The molecule has 156 valence electrons. The molecule has 3 aliphatic rings. The van der Waals surface area contributed by atoms with Crippen molar-refractivity contribution in [1.82, 2.24) is 19.9 Å². The van der Waals surface area contributed by atoms with Crippen molar-refractivity contribution in [1.29, 1.82) is 0 Å². The SMILES string of the molecule is CN1CCN([C@@H]2CN(c3noc(C4CCC4)n3)CC[C@]2(O)c2ccccc2)CC1. The van der Waals surface area contributed by atoms with Crippen LogP contribution in [0.2, 0.25) is 0 Å². The first kappa shape index (κ1) is 19.0. The van der Waals surface area contributed by atoms with E-state index >= 15 is 0 Å². The Morgan fingerprint density at radius 3 is 2.52 bits per heavy atom. The van der Waals surface area contributed by atoms with Crippen molar-refractivity contribution in [2.75, 3.05) is 51.2 Å². The highest BCUT2D eigenvalue weighted by Gasteiger charge is 2.47. The van der Waals surface area contributed by atoms with Crippen LogP contribution in [-0.4, -0.2) is 77.4 Å². The summed E-state index contributed by atoms with van der Waals surface area (Å²) in [4.78, 5) is 11.7. The molecule has 0 bridgehead atoms. The van der Waals surface area contributed by atoms with E-state index in [1.54, 1.807) is 0 Å². The number of hydrogen-bond donors (Lipinski definition) is 1. The second-order valence-electron chi connectivity index (χ2n) is 8.90. The van der Waals surface area contributed by atoms with Gasteiger partial charge in [0.25, 0.3) is 5.95 Å². The van der Waals surface area contributed by atoms with Gasteiger partial charge in [-0.3, -0.25) is 4.90 Å². The number of anilines is 1. The Balaban J connectivity index is 1.40. The third kappa shape index (κ3) is 3.56. The molecule has 29 heavy (non-hydrogen) atoms. The van der Waals surface area contributed by atoms with Gasteiger partial charge in [-0.25, -0.2) is 0 Å². The fourth-order valence-corrected chi connectivity index (χ4v) is 4.90. The number of piperidine rings is 1. The summed E-state index contributed by atoms with van der Waals surface area (Å²) in [7, 11) is 2.16. The third-order valence-electron chi connectivity index (χ3n) is 7.13. The Bertz CT molecular complexity index is 816. The van der Waals surface area contributed by atoms with Crippen molar-refractivity contribution in [3.63, 3.8) is 0 Å². The molecule has 7 heteroatoms. The number of benzene rings is 1. The van der Waals surface area contributed by atoms with Crippen LogP contribution in [0.15, 0.2) is 34.9 Å². The molecule has 1 saturated carbocycles. The van der Waals surface area contributed by atoms with Gasteiger partial charge in [-0.05, 0) is 37.0 Å². The Labute approximate surface area is 172 Å². The topological polar surface area (TPSA) is 68.9 Å². The number of aliphatic hydroxyl groups is 1. The molecule has 0 radical (unpaired) electrons. The molecular weight excluding hydrogens is 366 g/mol. The van der Waals surface area contributed by atoms with Gasteiger partial charge in [0.05, 0.1) is 6.04 Å². The van der Waals surface area contributed by atoms with E-state index in [0.29, 0.717) is 24.8 Å². The number of piperazine rings is 1. The van der Waals surface area contributed by atoms with E-state index in [1.807, 2.05) is 18.2 Å². The van der Waals surface area contributed by atoms with Gasteiger partial charge in [0.2, 0.25) is 5.89 Å².